The first-order valence-electron chi connectivity index (χ1n) is 8.69. The molecule has 1 fully saturated rings. The highest BCUT2D eigenvalue weighted by molar-refractivity contribution is 7.14. The second-order valence-corrected chi connectivity index (χ2v) is 8.42. The van der Waals surface area contributed by atoms with E-state index in [1.54, 1.807) is 11.3 Å². The number of amides is 1. The lowest BCUT2D eigenvalue weighted by atomic mass is 9.90. The molecule has 0 bridgehead atoms. The van der Waals surface area contributed by atoms with Gasteiger partial charge in [-0.15, -0.1) is 11.3 Å². The minimum Gasteiger partial charge on any atom is -0.349 e. The first kappa shape index (κ1) is 16.0. The molecule has 1 atom stereocenters. The molecule has 1 aliphatic carbocycles. The molecule has 2 aliphatic rings. The highest BCUT2D eigenvalue weighted by atomic mass is 32.1. The van der Waals surface area contributed by atoms with Crippen LogP contribution in [0, 0.1) is 5.92 Å². The summed E-state index contributed by atoms with van der Waals surface area (Å²) >= 11 is 1.72. The fourth-order valence-electron chi connectivity index (χ4n) is 3.63. The zero-order chi connectivity index (χ0) is 15.7. The Bertz CT molecular complexity index is 529. The third kappa shape index (κ3) is 3.54. The van der Waals surface area contributed by atoms with Crippen LogP contribution in [0.15, 0.2) is 6.07 Å². The number of carbonyl (C=O) groups is 1. The van der Waals surface area contributed by atoms with E-state index in [0.29, 0.717) is 12.1 Å². The lowest BCUT2D eigenvalue weighted by molar-refractivity contribution is 0.0904. The summed E-state index contributed by atoms with van der Waals surface area (Å²) in [7, 11) is 0. The molecule has 1 aliphatic heterocycles. The maximum Gasteiger partial charge on any atom is 0.261 e. The minimum atomic E-state index is 0.148. The quantitative estimate of drug-likeness (QED) is 0.925. The lowest BCUT2D eigenvalue weighted by Crippen LogP contribution is -2.46. The molecule has 0 aromatic carbocycles. The Balaban J connectivity index is 1.57. The van der Waals surface area contributed by atoms with E-state index >= 15 is 0 Å². The van der Waals surface area contributed by atoms with Crippen molar-refractivity contribution in [1.82, 2.24) is 10.2 Å². The number of nitrogens with one attached hydrogen (secondary N) is 1. The molecular weight excluding hydrogens is 292 g/mol. The predicted molar refractivity (Wildman–Crippen MR) is 92.7 cm³/mol. The van der Waals surface area contributed by atoms with Crippen LogP contribution in [-0.4, -0.2) is 36.0 Å². The Morgan fingerprint density at radius 2 is 2.05 bits per heavy atom. The molecule has 1 aromatic heterocycles. The first-order valence-corrected chi connectivity index (χ1v) is 9.51. The Morgan fingerprint density at radius 1 is 1.32 bits per heavy atom. The summed E-state index contributed by atoms with van der Waals surface area (Å²) in [6, 6.07) is 3.11. The average Bonchev–Trinajstić information content (AvgIpc) is 2.91. The number of thiophene rings is 1. The van der Waals surface area contributed by atoms with Crippen molar-refractivity contribution in [2.75, 3.05) is 13.1 Å². The Morgan fingerprint density at radius 3 is 2.73 bits per heavy atom. The number of fused-ring (bicyclic) bond motifs is 1. The number of piperidine rings is 1. The molecule has 0 unspecified atom stereocenters. The monoisotopic (exact) mass is 320 g/mol. The normalized spacial score (nSPS) is 23.5. The fraction of sp³-hybridized carbons (Fsp3) is 0.722. The van der Waals surface area contributed by atoms with Crippen LogP contribution in [0.1, 0.15) is 60.1 Å². The number of hydrogen-bond acceptors (Lipinski definition) is 3. The van der Waals surface area contributed by atoms with E-state index in [1.807, 2.05) is 0 Å². The molecule has 1 saturated heterocycles. The van der Waals surface area contributed by atoms with E-state index in [4.69, 9.17) is 0 Å². The summed E-state index contributed by atoms with van der Waals surface area (Å²) in [5.74, 6) is 0.911. The number of carbonyl (C=O) groups excluding carboxylic acids is 1. The molecule has 1 amide bonds. The molecule has 122 valence electrons. The number of nitrogens with zero attached hydrogens (tertiary/aromatic N) is 1. The molecular formula is C18H28N2OS. The van der Waals surface area contributed by atoms with Gasteiger partial charge in [-0.3, -0.25) is 4.79 Å². The minimum absolute atomic E-state index is 0.148. The van der Waals surface area contributed by atoms with Crippen LogP contribution in [-0.2, 0) is 12.8 Å². The van der Waals surface area contributed by atoms with Crippen LogP contribution in [0.5, 0.6) is 0 Å². The summed E-state index contributed by atoms with van der Waals surface area (Å²) in [6.45, 7) is 9.00. The maximum absolute atomic E-state index is 12.5. The third-order valence-electron chi connectivity index (χ3n) is 5.15. The van der Waals surface area contributed by atoms with Gasteiger partial charge < -0.3 is 10.2 Å². The van der Waals surface area contributed by atoms with Gasteiger partial charge in [0, 0.05) is 30.1 Å². The smallest absolute Gasteiger partial charge is 0.261 e. The highest BCUT2D eigenvalue weighted by Crippen LogP contribution is 2.32. The zero-order valence-corrected chi connectivity index (χ0v) is 14.8. The average molecular weight is 321 g/mol. The number of hydrogen-bond donors (Lipinski definition) is 1. The van der Waals surface area contributed by atoms with E-state index in [1.165, 1.54) is 16.9 Å². The van der Waals surface area contributed by atoms with Crippen molar-refractivity contribution >= 4 is 17.2 Å². The van der Waals surface area contributed by atoms with E-state index in [0.717, 1.165) is 49.6 Å². The van der Waals surface area contributed by atoms with E-state index < -0.39 is 0 Å². The molecule has 22 heavy (non-hydrogen) atoms. The van der Waals surface area contributed by atoms with Crippen LogP contribution in [0.3, 0.4) is 0 Å². The molecule has 1 N–H and O–H groups in total. The molecule has 0 radical (unpaired) electrons. The molecule has 4 heteroatoms. The predicted octanol–water partition coefficient (Wildman–Crippen LogP) is 3.48. The van der Waals surface area contributed by atoms with Crippen LogP contribution in [0.4, 0.5) is 0 Å². The molecule has 0 saturated carbocycles. The topological polar surface area (TPSA) is 32.3 Å². The summed E-state index contributed by atoms with van der Waals surface area (Å²) in [4.78, 5) is 17.4. The Hall–Kier alpha value is -0.870. The van der Waals surface area contributed by atoms with Crippen LogP contribution < -0.4 is 5.32 Å². The van der Waals surface area contributed by atoms with Gasteiger partial charge in [-0.2, -0.15) is 0 Å². The second kappa shape index (κ2) is 6.71. The van der Waals surface area contributed by atoms with Crippen molar-refractivity contribution in [3.8, 4) is 0 Å². The maximum atomic E-state index is 12.5. The highest BCUT2D eigenvalue weighted by Gasteiger charge is 2.24. The number of aryl methyl sites for hydroxylation is 1. The van der Waals surface area contributed by atoms with Crippen molar-refractivity contribution in [3.63, 3.8) is 0 Å². The lowest BCUT2D eigenvalue weighted by Gasteiger charge is -2.34. The van der Waals surface area contributed by atoms with Gasteiger partial charge in [-0.05, 0) is 63.5 Å². The van der Waals surface area contributed by atoms with Crippen molar-refractivity contribution < 1.29 is 4.79 Å². The first-order chi connectivity index (χ1) is 10.5. The summed E-state index contributed by atoms with van der Waals surface area (Å²) in [5.41, 5.74) is 1.42. The van der Waals surface area contributed by atoms with Gasteiger partial charge in [-0.1, -0.05) is 6.92 Å². The van der Waals surface area contributed by atoms with Gasteiger partial charge in [-0.25, -0.2) is 0 Å². The summed E-state index contributed by atoms with van der Waals surface area (Å²) in [5, 5.41) is 3.26. The van der Waals surface area contributed by atoms with Crippen LogP contribution in [0.2, 0.25) is 0 Å². The van der Waals surface area contributed by atoms with Crippen LogP contribution >= 0.6 is 11.3 Å². The van der Waals surface area contributed by atoms with E-state index in [9.17, 15) is 4.79 Å². The summed E-state index contributed by atoms with van der Waals surface area (Å²) in [6.07, 6.45) is 5.72. The SMILES string of the molecule is CC(C)N1CCC(NC(=O)c2cc3c(s2)CC[C@@H](C)C3)CC1. The van der Waals surface area contributed by atoms with Gasteiger partial charge in [0.25, 0.3) is 5.91 Å². The molecule has 2 heterocycles. The van der Waals surface area contributed by atoms with Crippen LogP contribution in [0.25, 0.3) is 0 Å². The Kier molecular flexibility index (Phi) is 4.88. The molecule has 3 nitrogen and oxygen atoms in total. The van der Waals surface area contributed by atoms with Gasteiger partial charge in [0.1, 0.15) is 0 Å². The standard InChI is InChI=1S/C18H28N2OS/c1-12(2)20-8-6-15(7-9-20)19-18(21)17-11-14-10-13(3)4-5-16(14)22-17/h11-13,15H,4-10H2,1-3H3,(H,19,21)/t13-/m1/s1. The second-order valence-electron chi connectivity index (χ2n) is 7.28. The molecule has 3 rings (SSSR count). The zero-order valence-electron chi connectivity index (χ0n) is 14.0. The van der Waals surface area contributed by atoms with Crippen molar-refractivity contribution in [1.29, 1.82) is 0 Å². The Labute approximate surface area is 138 Å². The number of rotatable bonds is 3. The molecule has 1 aromatic rings. The van der Waals surface area contributed by atoms with Crippen molar-refractivity contribution in [2.45, 2.75) is 65.0 Å². The number of likely N-dealkylation sites (tertiary alicyclic amines) is 1. The fourth-order valence-corrected chi connectivity index (χ4v) is 4.75. The van der Waals surface area contributed by atoms with Gasteiger partial charge in [0.05, 0.1) is 4.88 Å². The van der Waals surface area contributed by atoms with Crippen molar-refractivity contribution in [3.05, 3.63) is 21.4 Å². The van der Waals surface area contributed by atoms with E-state index in [-0.39, 0.29) is 5.91 Å². The van der Waals surface area contributed by atoms with E-state index in [2.05, 4.69) is 37.1 Å². The largest absolute Gasteiger partial charge is 0.349 e. The van der Waals surface area contributed by atoms with Gasteiger partial charge in [0.2, 0.25) is 0 Å². The summed E-state index contributed by atoms with van der Waals surface area (Å²) < 4.78 is 0. The van der Waals surface area contributed by atoms with Gasteiger partial charge in [0.15, 0.2) is 0 Å². The van der Waals surface area contributed by atoms with Gasteiger partial charge >= 0.3 is 0 Å². The third-order valence-corrected chi connectivity index (χ3v) is 6.38. The molecule has 0 spiro atoms. The van der Waals surface area contributed by atoms with Crippen molar-refractivity contribution in [2.24, 2.45) is 5.92 Å².